The molecule has 5 rings (SSSR count). The van der Waals surface area contributed by atoms with Crippen molar-refractivity contribution in [3.63, 3.8) is 0 Å². The minimum absolute atomic E-state index is 0.0146. The van der Waals surface area contributed by atoms with Crippen molar-refractivity contribution in [2.45, 2.75) is 62.8 Å². The number of hydrazine groups is 1. The highest BCUT2D eigenvalue weighted by Gasteiger charge is 2.92. The van der Waals surface area contributed by atoms with Crippen molar-refractivity contribution in [2.24, 2.45) is 5.41 Å². The number of carbonyl (C=O) groups is 1. The minimum atomic E-state index is -6.58. The lowest BCUT2D eigenvalue weighted by Crippen LogP contribution is -2.72. The predicted octanol–water partition coefficient (Wildman–Crippen LogP) is 6.71. The van der Waals surface area contributed by atoms with Crippen LogP contribution in [-0.2, 0) is 0 Å². The molecule has 0 spiro atoms. The van der Waals surface area contributed by atoms with Crippen molar-refractivity contribution in [3.05, 3.63) is 87.1 Å². The molecule has 0 unspecified atom stereocenters. The number of nitrogens with zero attached hydrogens (tertiary/aromatic N) is 3. The molecule has 0 aliphatic carbocycles. The molecular weight excluding hydrogens is 535 g/mol. The number of alkyl halides is 7. The molecule has 0 bridgehead atoms. The van der Waals surface area contributed by atoms with E-state index >= 15 is 17.6 Å². The number of non-ortho nitro benzene ring substituents is 1. The summed E-state index contributed by atoms with van der Waals surface area (Å²) in [6.45, 7) is 4.25. The molecule has 0 saturated carbocycles. The maximum Gasteiger partial charge on any atom is 0.458 e. The van der Waals surface area contributed by atoms with Crippen LogP contribution in [0.4, 0.5) is 36.4 Å². The highest BCUT2D eigenvalue weighted by molar-refractivity contribution is 6.04. The Balaban J connectivity index is 1.82. The molecule has 3 aliphatic heterocycles. The highest BCUT2D eigenvalue weighted by atomic mass is 19.4. The molecule has 2 aromatic rings. The summed E-state index contributed by atoms with van der Waals surface area (Å²) in [5.74, 6) is -13.4. The molecule has 2 aromatic carbocycles. The SMILES string of the molecule is CC1=C2C[C@@H](c3ccc([N+](=O)[O-])cc3)N3N2[C@@H](C1(C)C)[C@@](F)(C(=O)c1ccccc1)[C@]3(F)C(F)(F)C(F)(F)F. The van der Waals surface area contributed by atoms with E-state index in [4.69, 9.17) is 0 Å². The van der Waals surface area contributed by atoms with Gasteiger partial charge in [0.1, 0.15) is 6.04 Å². The molecule has 39 heavy (non-hydrogen) atoms. The van der Waals surface area contributed by atoms with Gasteiger partial charge in [0.2, 0.25) is 5.78 Å². The van der Waals surface area contributed by atoms with Gasteiger partial charge in [0.05, 0.1) is 11.0 Å². The normalized spacial score (nSPS) is 30.2. The number of nitro groups is 1. The van der Waals surface area contributed by atoms with Gasteiger partial charge in [-0.05, 0) is 18.1 Å². The van der Waals surface area contributed by atoms with Crippen molar-refractivity contribution in [3.8, 4) is 0 Å². The van der Waals surface area contributed by atoms with E-state index in [1.807, 2.05) is 0 Å². The van der Waals surface area contributed by atoms with E-state index in [2.05, 4.69) is 0 Å². The van der Waals surface area contributed by atoms with Crippen LogP contribution < -0.4 is 0 Å². The van der Waals surface area contributed by atoms with Crippen LogP contribution in [0.1, 0.15) is 49.2 Å². The summed E-state index contributed by atoms with van der Waals surface area (Å²) in [4.78, 5) is 24.0. The highest BCUT2D eigenvalue weighted by Crippen LogP contribution is 2.70. The summed E-state index contributed by atoms with van der Waals surface area (Å²) in [5.41, 5.74) is -6.49. The smallest absolute Gasteiger partial charge is 0.298 e. The van der Waals surface area contributed by atoms with E-state index in [0.717, 1.165) is 41.4 Å². The van der Waals surface area contributed by atoms with Gasteiger partial charge in [0.25, 0.3) is 17.1 Å². The fourth-order valence-corrected chi connectivity index (χ4v) is 6.22. The Morgan fingerprint density at radius 3 is 2.08 bits per heavy atom. The molecule has 3 aliphatic rings. The zero-order valence-corrected chi connectivity index (χ0v) is 20.8. The predicted molar refractivity (Wildman–Crippen MR) is 124 cm³/mol. The van der Waals surface area contributed by atoms with Gasteiger partial charge in [0, 0.05) is 35.2 Å². The standard InChI is InChI=1S/C26H22F7N3O3/c1-14-18-13-19(15-9-11-17(12-10-15)36(38)39)35-25(30,24(28,29)26(31,32)33)23(27,21(34(18)35)22(14,2)3)20(37)16-7-5-4-6-8-16/h4-12,19,21H,13H2,1-3H3/t19-,21-,23-,25+/m0/s1. The maximum atomic E-state index is 17.5. The van der Waals surface area contributed by atoms with Gasteiger partial charge in [-0.25, -0.2) is 8.78 Å². The average molecular weight is 557 g/mol. The van der Waals surface area contributed by atoms with Crippen molar-refractivity contribution in [1.29, 1.82) is 0 Å². The third kappa shape index (κ3) is 3.16. The molecule has 0 N–H and O–H groups in total. The Morgan fingerprint density at radius 1 is 1.00 bits per heavy atom. The van der Waals surface area contributed by atoms with E-state index in [-0.39, 0.29) is 22.7 Å². The molecule has 0 amide bonds. The Kier molecular flexibility index (Phi) is 5.58. The molecule has 6 nitrogen and oxygen atoms in total. The van der Waals surface area contributed by atoms with Gasteiger partial charge in [-0.1, -0.05) is 56.3 Å². The van der Waals surface area contributed by atoms with Crippen molar-refractivity contribution >= 4 is 11.5 Å². The molecular formula is C26H22F7N3O3. The van der Waals surface area contributed by atoms with Gasteiger partial charge in [0.15, 0.2) is 0 Å². The molecule has 0 radical (unpaired) electrons. The van der Waals surface area contributed by atoms with E-state index in [9.17, 15) is 28.1 Å². The first-order valence-corrected chi connectivity index (χ1v) is 11.9. The van der Waals surface area contributed by atoms with Crippen LogP contribution in [0.15, 0.2) is 65.9 Å². The van der Waals surface area contributed by atoms with Crippen molar-refractivity contribution < 1.29 is 40.5 Å². The van der Waals surface area contributed by atoms with Crippen LogP contribution >= 0.6 is 0 Å². The third-order valence-corrected chi connectivity index (χ3v) is 8.32. The second kappa shape index (κ2) is 8.03. The molecule has 4 atom stereocenters. The number of ketones is 1. The van der Waals surface area contributed by atoms with Gasteiger partial charge in [-0.2, -0.15) is 27.0 Å². The Labute approximate surface area is 217 Å². The van der Waals surface area contributed by atoms with Crippen LogP contribution in [-0.4, -0.2) is 50.3 Å². The number of hydrogen-bond donors (Lipinski definition) is 0. The molecule has 3 heterocycles. The monoisotopic (exact) mass is 557 g/mol. The number of benzene rings is 2. The fraction of sp³-hybridized carbons (Fsp3) is 0.423. The first-order chi connectivity index (χ1) is 17.9. The number of halogens is 7. The Bertz CT molecular complexity index is 1390. The Hall–Kier alpha value is -3.48. The van der Waals surface area contributed by atoms with Crippen molar-refractivity contribution in [2.75, 3.05) is 0 Å². The average Bonchev–Trinajstić information content (AvgIpc) is 3.42. The second-order valence-corrected chi connectivity index (χ2v) is 10.6. The lowest BCUT2D eigenvalue weighted by atomic mass is 9.67. The summed E-state index contributed by atoms with van der Waals surface area (Å²) in [6, 6.07) is 6.38. The summed E-state index contributed by atoms with van der Waals surface area (Å²) in [6.07, 6.45) is -6.87. The summed E-state index contributed by atoms with van der Waals surface area (Å²) in [5, 5.41) is 11.8. The van der Waals surface area contributed by atoms with Crippen LogP contribution in [0.5, 0.6) is 0 Å². The first kappa shape index (κ1) is 27.1. The summed E-state index contributed by atoms with van der Waals surface area (Å²) >= 11 is 0. The van der Waals surface area contributed by atoms with E-state index < -0.39 is 63.0 Å². The maximum absolute atomic E-state index is 17.5. The number of rotatable bonds is 5. The fourth-order valence-electron chi connectivity index (χ4n) is 6.22. The lowest BCUT2D eigenvalue weighted by molar-refractivity contribution is -0.384. The quantitative estimate of drug-likeness (QED) is 0.134. The zero-order chi connectivity index (χ0) is 28.9. The molecule has 2 fully saturated rings. The van der Waals surface area contributed by atoms with Gasteiger partial charge < -0.3 is 0 Å². The summed E-state index contributed by atoms with van der Waals surface area (Å²) < 4.78 is 108. The van der Waals surface area contributed by atoms with Crippen LogP contribution in [0.3, 0.4) is 0 Å². The largest absolute Gasteiger partial charge is 0.458 e. The number of nitro benzene ring substituents is 1. The van der Waals surface area contributed by atoms with Crippen molar-refractivity contribution in [1.82, 2.24) is 10.0 Å². The van der Waals surface area contributed by atoms with Gasteiger partial charge in [-0.3, -0.25) is 19.9 Å². The molecule has 2 saturated heterocycles. The van der Waals surface area contributed by atoms with Gasteiger partial charge >= 0.3 is 12.1 Å². The van der Waals surface area contributed by atoms with Crippen LogP contribution in [0, 0.1) is 15.5 Å². The molecule has 13 heteroatoms. The molecule has 208 valence electrons. The number of Topliss-reactive ketones (excluding diaryl/α,β-unsaturated/α-hetero) is 1. The molecule has 0 aromatic heterocycles. The minimum Gasteiger partial charge on any atom is -0.298 e. The van der Waals surface area contributed by atoms with E-state index in [1.54, 1.807) is 0 Å². The second-order valence-electron chi connectivity index (χ2n) is 10.6. The Morgan fingerprint density at radius 2 is 1.56 bits per heavy atom. The third-order valence-electron chi connectivity index (χ3n) is 8.32. The first-order valence-electron chi connectivity index (χ1n) is 11.9. The number of hydrogen-bond acceptors (Lipinski definition) is 5. The van der Waals surface area contributed by atoms with E-state index in [1.165, 1.54) is 39.0 Å². The van der Waals surface area contributed by atoms with Crippen LogP contribution in [0.25, 0.3) is 0 Å². The topological polar surface area (TPSA) is 66.7 Å². The van der Waals surface area contributed by atoms with E-state index in [0.29, 0.717) is 5.57 Å². The van der Waals surface area contributed by atoms with Crippen LogP contribution in [0.2, 0.25) is 0 Å². The number of carbonyl (C=O) groups excluding carboxylic acids is 1. The van der Waals surface area contributed by atoms with Gasteiger partial charge in [-0.15, -0.1) is 0 Å². The lowest BCUT2D eigenvalue weighted by Gasteiger charge is -2.44. The summed E-state index contributed by atoms with van der Waals surface area (Å²) in [7, 11) is 0. The zero-order valence-electron chi connectivity index (χ0n) is 20.8.